The van der Waals surface area contributed by atoms with Gasteiger partial charge >= 0.3 is 0 Å². The minimum absolute atomic E-state index is 0.484. The fourth-order valence-corrected chi connectivity index (χ4v) is 9.20. The first kappa shape index (κ1) is 28.2. The topological polar surface area (TPSA) is 8.17 Å². The van der Waals surface area contributed by atoms with E-state index in [0.29, 0.717) is 0 Å². The van der Waals surface area contributed by atoms with Gasteiger partial charge < -0.3 is 9.47 Å². The van der Waals surface area contributed by atoms with Crippen molar-refractivity contribution in [3.05, 3.63) is 216 Å². The average Bonchev–Trinajstić information content (AvgIpc) is 3.80. The van der Waals surface area contributed by atoms with Crippen LogP contribution >= 0.6 is 0 Å². The molecule has 0 saturated heterocycles. The van der Waals surface area contributed by atoms with Crippen molar-refractivity contribution >= 4 is 38.9 Å². The smallest absolute Gasteiger partial charge is 0.0727 e. The summed E-state index contributed by atoms with van der Waals surface area (Å²) in [6.45, 7) is 0. The maximum atomic E-state index is 2.49. The molecule has 1 aromatic heterocycles. The van der Waals surface area contributed by atoms with Crippen molar-refractivity contribution in [1.82, 2.24) is 4.57 Å². The quantitative estimate of drug-likeness (QED) is 0.184. The number of aromatic nitrogens is 1. The Bertz CT molecular complexity index is 2710. The highest BCUT2D eigenvalue weighted by Crippen LogP contribution is 2.63. The molecule has 2 aliphatic rings. The second kappa shape index (κ2) is 10.7. The third kappa shape index (κ3) is 3.82. The Labute approximate surface area is 297 Å². The molecule has 0 N–H and O–H groups in total. The van der Waals surface area contributed by atoms with Gasteiger partial charge in [-0.2, -0.15) is 0 Å². The van der Waals surface area contributed by atoms with Gasteiger partial charge in [0.15, 0.2) is 0 Å². The molecule has 2 heteroatoms. The van der Waals surface area contributed by atoms with E-state index >= 15 is 0 Å². The minimum atomic E-state index is -0.484. The number of para-hydroxylation sites is 4. The molecule has 8 aromatic carbocycles. The number of nitrogens with zero attached hydrogens (tertiary/aromatic N) is 2. The molecule has 0 aliphatic heterocycles. The number of hydrogen-bond acceptors (Lipinski definition) is 1. The summed E-state index contributed by atoms with van der Waals surface area (Å²) in [5.41, 5.74) is 17.1. The van der Waals surface area contributed by atoms with Gasteiger partial charge in [-0.25, -0.2) is 0 Å². The Morgan fingerprint density at radius 1 is 0.333 bits per heavy atom. The minimum Gasteiger partial charge on any atom is -0.310 e. The van der Waals surface area contributed by atoms with Gasteiger partial charge in [-0.15, -0.1) is 0 Å². The fourth-order valence-electron chi connectivity index (χ4n) is 9.20. The fraction of sp³-hybridized carbons (Fsp3) is 0.0204. The summed E-state index contributed by atoms with van der Waals surface area (Å²) >= 11 is 0. The van der Waals surface area contributed by atoms with Gasteiger partial charge in [0.1, 0.15) is 0 Å². The molecule has 51 heavy (non-hydrogen) atoms. The zero-order chi connectivity index (χ0) is 33.5. The lowest BCUT2D eigenvalue weighted by molar-refractivity contribution is 0.792. The normalized spacial score (nSPS) is 15.1. The Kier molecular flexibility index (Phi) is 5.91. The molecule has 238 valence electrons. The van der Waals surface area contributed by atoms with Crippen molar-refractivity contribution in [2.75, 3.05) is 4.90 Å². The van der Waals surface area contributed by atoms with Crippen LogP contribution in [0.2, 0.25) is 0 Å². The van der Waals surface area contributed by atoms with Gasteiger partial charge in [0.2, 0.25) is 0 Å². The predicted octanol–water partition coefficient (Wildman–Crippen LogP) is 12.6. The highest BCUT2D eigenvalue weighted by molar-refractivity contribution is 6.09. The van der Waals surface area contributed by atoms with Crippen LogP contribution in [-0.2, 0) is 5.41 Å². The number of anilines is 3. The van der Waals surface area contributed by atoms with E-state index in [1.165, 1.54) is 72.0 Å². The summed E-state index contributed by atoms with van der Waals surface area (Å²) < 4.78 is 2.45. The second-order valence-electron chi connectivity index (χ2n) is 13.7. The van der Waals surface area contributed by atoms with Crippen LogP contribution in [0, 0.1) is 0 Å². The molecule has 0 saturated carbocycles. The number of hydrogen-bond donors (Lipinski definition) is 0. The van der Waals surface area contributed by atoms with Crippen LogP contribution in [0.1, 0.15) is 22.3 Å². The van der Waals surface area contributed by atoms with Crippen LogP contribution in [0.4, 0.5) is 17.1 Å². The average molecular weight is 649 g/mol. The van der Waals surface area contributed by atoms with Crippen molar-refractivity contribution in [2.24, 2.45) is 0 Å². The Morgan fingerprint density at radius 2 is 0.784 bits per heavy atom. The maximum absolute atomic E-state index is 2.49. The van der Waals surface area contributed by atoms with Gasteiger partial charge in [0, 0.05) is 33.5 Å². The molecule has 1 spiro atoms. The van der Waals surface area contributed by atoms with E-state index in [4.69, 9.17) is 0 Å². The summed E-state index contributed by atoms with van der Waals surface area (Å²) in [5, 5.41) is 2.55. The summed E-state index contributed by atoms with van der Waals surface area (Å²) in [6, 6.07) is 71.5. The van der Waals surface area contributed by atoms with Crippen molar-refractivity contribution in [2.45, 2.75) is 5.41 Å². The van der Waals surface area contributed by atoms with E-state index in [1.54, 1.807) is 0 Å². The first-order valence-electron chi connectivity index (χ1n) is 17.7. The lowest BCUT2D eigenvalue weighted by atomic mass is 9.70. The van der Waals surface area contributed by atoms with Gasteiger partial charge in [-0.1, -0.05) is 133 Å². The van der Waals surface area contributed by atoms with E-state index < -0.39 is 5.41 Å². The van der Waals surface area contributed by atoms with Crippen molar-refractivity contribution in [3.8, 4) is 27.9 Å². The summed E-state index contributed by atoms with van der Waals surface area (Å²) in [5.74, 6) is 0. The Morgan fingerprint density at radius 3 is 1.37 bits per heavy atom. The van der Waals surface area contributed by atoms with Crippen LogP contribution in [0.5, 0.6) is 0 Å². The summed E-state index contributed by atoms with van der Waals surface area (Å²) in [6.07, 6.45) is 0. The van der Waals surface area contributed by atoms with E-state index in [1.807, 2.05) is 0 Å². The van der Waals surface area contributed by atoms with Gasteiger partial charge in [-0.05, 0) is 105 Å². The molecule has 0 fully saturated rings. The second-order valence-corrected chi connectivity index (χ2v) is 13.7. The lowest BCUT2D eigenvalue weighted by Crippen LogP contribution is -2.26. The highest BCUT2D eigenvalue weighted by atomic mass is 15.1. The van der Waals surface area contributed by atoms with Crippen LogP contribution in [-0.4, -0.2) is 4.57 Å². The van der Waals surface area contributed by atoms with E-state index in [-0.39, 0.29) is 0 Å². The monoisotopic (exact) mass is 648 g/mol. The predicted molar refractivity (Wildman–Crippen MR) is 212 cm³/mol. The molecule has 0 amide bonds. The zero-order valence-electron chi connectivity index (χ0n) is 27.9. The SMILES string of the molecule is c1ccc(N(c2ccccc2)c2ccc3c(c2)C2(c4ccccc4-3)c3ccccc3-c3ccc(-n4c5ccccc5c5ccccc54)cc32)cc1. The van der Waals surface area contributed by atoms with Crippen molar-refractivity contribution < 1.29 is 0 Å². The summed E-state index contributed by atoms with van der Waals surface area (Å²) in [4.78, 5) is 2.38. The van der Waals surface area contributed by atoms with E-state index in [2.05, 4.69) is 204 Å². The molecular weight excluding hydrogens is 617 g/mol. The van der Waals surface area contributed by atoms with Gasteiger partial charge in [0.25, 0.3) is 0 Å². The molecule has 0 bridgehead atoms. The molecule has 1 heterocycles. The zero-order valence-corrected chi connectivity index (χ0v) is 27.9. The number of benzene rings is 8. The first-order chi connectivity index (χ1) is 25.3. The van der Waals surface area contributed by atoms with E-state index in [0.717, 1.165) is 17.1 Å². The highest BCUT2D eigenvalue weighted by Gasteiger charge is 2.52. The van der Waals surface area contributed by atoms with E-state index in [9.17, 15) is 0 Å². The van der Waals surface area contributed by atoms with Crippen molar-refractivity contribution in [3.63, 3.8) is 0 Å². The van der Waals surface area contributed by atoms with Crippen molar-refractivity contribution in [1.29, 1.82) is 0 Å². The first-order valence-corrected chi connectivity index (χ1v) is 17.7. The molecule has 2 aliphatic carbocycles. The standard InChI is InChI=1S/C49H32N2/c1-3-15-33(16-4-1)50(34-17-5-2-6-18-34)35-27-29-39-37-19-7-11-23-43(37)49(45(39)31-35)44-24-12-8-20-38(44)40-30-28-36(32-46(40)49)51-47-25-13-9-21-41(47)42-22-10-14-26-48(42)51/h1-32H. The largest absolute Gasteiger partial charge is 0.310 e. The third-order valence-corrected chi connectivity index (χ3v) is 11.2. The Balaban J connectivity index is 1.22. The van der Waals surface area contributed by atoms with Crippen LogP contribution < -0.4 is 4.90 Å². The molecule has 9 aromatic rings. The molecule has 1 unspecified atom stereocenters. The van der Waals surface area contributed by atoms with Gasteiger partial charge in [0.05, 0.1) is 16.4 Å². The third-order valence-electron chi connectivity index (χ3n) is 11.2. The lowest BCUT2D eigenvalue weighted by Gasteiger charge is -2.32. The molecule has 11 rings (SSSR count). The maximum Gasteiger partial charge on any atom is 0.0727 e. The Hall–Kier alpha value is -6.64. The van der Waals surface area contributed by atoms with Crippen LogP contribution in [0.25, 0.3) is 49.7 Å². The molecule has 2 nitrogen and oxygen atoms in total. The van der Waals surface area contributed by atoms with Crippen LogP contribution in [0.3, 0.4) is 0 Å². The summed E-state index contributed by atoms with van der Waals surface area (Å²) in [7, 11) is 0. The number of fused-ring (bicyclic) bond motifs is 13. The number of rotatable bonds is 4. The molecular formula is C49H32N2. The molecule has 0 radical (unpaired) electrons. The van der Waals surface area contributed by atoms with Crippen LogP contribution in [0.15, 0.2) is 194 Å². The molecule has 1 atom stereocenters. The van der Waals surface area contributed by atoms with Gasteiger partial charge in [-0.3, -0.25) is 0 Å².